The van der Waals surface area contributed by atoms with E-state index < -0.39 is 35.4 Å². The second-order valence-electron chi connectivity index (χ2n) is 7.81. The number of carbonyl (C=O) groups excluding carboxylic acids is 2. The number of aliphatic carboxylic acids is 1. The van der Waals surface area contributed by atoms with Gasteiger partial charge in [-0.2, -0.15) is 9.36 Å². The summed E-state index contributed by atoms with van der Waals surface area (Å²) < 4.78 is 3.96. The zero-order valence-electron chi connectivity index (χ0n) is 19.7. The summed E-state index contributed by atoms with van der Waals surface area (Å²) in [6.45, 7) is 1.85. The molecule has 0 spiro atoms. The lowest BCUT2D eigenvalue weighted by atomic mass is 10.0. The van der Waals surface area contributed by atoms with E-state index in [1.54, 1.807) is 6.92 Å². The normalized spacial score (nSPS) is 23.7. The molecule has 0 saturated carbocycles. The van der Waals surface area contributed by atoms with Crippen molar-refractivity contribution < 1.29 is 24.3 Å². The molecule has 20 heteroatoms. The van der Waals surface area contributed by atoms with Crippen LogP contribution in [0.1, 0.15) is 12.7 Å². The Hall–Kier alpha value is -3.59. The van der Waals surface area contributed by atoms with Crippen LogP contribution in [0.2, 0.25) is 0 Å². The predicted molar refractivity (Wildman–Crippen MR) is 141 cm³/mol. The average Bonchev–Trinajstić information content (AvgIpc) is 3.32. The lowest BCUT2D eigenvalue weighted by Gasteiger charge is -2.49. The number of fused-ring (bicyclic) bond motifs is 1. The summed E-state index contributed by atoms with van der Waals surface area (Å²) in [5, 5.41) is 17.1. The molecular weight excluding hydrogens is 560 g/mol. The van der Waals surface area contributed by atoms with Gasteiger partial charge < -0.3 is 38.2 Å². The van der Waals surface area contributed by atoms with E-state index in [0.29, 0.717) is 5.57 Å². The van der Waals surface area contributed by atoms with Crippen molar-refractivity contribution in [2.45, 2.75) is 24.5 Å². The molecule has 2 unspecified atom stereocenters. The number of nitrogens with two attached hydrogens (primary N) is 5. The maximum Gasteiger partial charge on any atom is 0.352 e. The number of nitrogens with one attached hydrogen (secondary N) is 1. The zero-order valence-corrected chi connectivity index (χ0v) is 22.2. The Kier molecular flexibility index (Phi) is 7.97. The van der Waals surface area contributed by atoms with E-state index in [1.807, 2.05) is 0 Å². The second-order valence-corrected chi connectivity index (χ2v) is 10.6. The topological polar surface area (TPSA) is 280 Å². The molecular formula is C18H24N12O5S3. The number of hydrogen-bond acceptors (Lipinski definition) is 17. The van der Waals surface area contributed by atoms with Crippen molar-refractivity contribution >= 4 is 68.9 Å². The highest BCUT2D eigenvalue weighted by molar-refractivity contribution is 8.14. The van der Waals surface area contributed by atoms with Crippen molar-refractivity contribution in [1.29, 1.82) is 0 Å². The first-order chi connectivity index (χ1) is 18.0. The monoisotopic (exact) mass is 584 g/mol. The molecule has 0 aromatic carbocycles. The highest BCUT2D eigenvalue weighted by Crippen LogP contribution is 2.41. The Bertz CT molecular complexity index is 1290. The van der Waals surface area contributed by atoms with E-state index in [1.165, 1.54) is 11.8 Å². The van der Waals surface area contributed by atoms with Gasteiger partial charge in [0, 0.05) is 23.0 Å². The van der Waals surface area contributed by atoms with E-state index in [9.17, 15) is 19.5 Å². The van der Waals surface area contributed by atoms with Gasteiger partial charge in [-0.05, 0) is 12.5 Å². The van der Waals surface area contributed by atoms with Crippen molar-refractivity contribution in [1.82, 2.24) is 24.6 Å². The maximum atomic E-state index is 13.0. The van der Waals surface area contributed by atoms with E-state index in [0.717, 1.165) is 33.2 Å². The summed E-state index contributed by atoms with van der Waals surface area (Å²) >= 11 is 3.25. The minimum atomic E-state index is -1.29. The van der Waals surface area contributed by atoms with Gasteiger partial charge in [0.1, 0.15) is 35.7 Å². The molecule has 4 heterocycles. The van der Waals surface area contributed by atoms with Crippen LogP contribution < -0.4 is 34.1 Å². The first kappa shape index (κ1) is 27.4. The molecule has 3 atom stereocenters. The molecule has 38 heavy (non-hydrogen) atoms. The van der Waals surface area contributed by atoms with Crippen LogP contribution in [0.25, 0.3) is 0 Å². The first-order valence-electron chi connectivity index (χ1n) is 10.8. The van der Waals surface area contributed by atoms with Crippen LogP contribution in [0, 0.1) is 0 Å². The van der Waals surface area contributed by atoms with Gasteiger partial charge in [-0.25, -0.2) is 15.6 Å². The van der Waals surface area contributed by atoms with Crippen molar-refractivity contribution in [2.75, 3.05) is 23.8 Å². The van der Waals surface area contributed by atoms with Gasteiger partial charge in [0.2, 0.25) is 11.5 Å². The van der Waals surface area contributed by atoms with Crippen LogP contribution in [0.5, 0.6) is 0 Å². The zero-order chi connectivity index (χ0) is 27.7. The van der Waals surface area contributed by atoms with Crippen molar-refractivity contribution in [3.63, 3.8) is 0 Å². The van der Waals surface area contributed by atoms with E-state index >= 15 is 0 Å². The number of oxime groups is 1. The number of thioether (sulfide) groups is 2. The van der Waals surface area contributed by atoms with Crippen LogP contribution in [-0.4, -0.2) is 88.7 Å². The molecule has 0 radical (unpaired) electrons. The van der Waals surface area contributed by atoms with E-state index in [4.69, 9.17) is 33.6 Å². The molecule has 1 fully saturated rings. The van der Waals surface area contributed by atoms with Crippen molar-refractivity contribution in [2.24, 2.45) is 33.2 Å². The average molecular weight is 585 g/mol. The number of β-lactam (4-membered cyclic amide) rings is 1. The fraction of sp³-hybridized carbons (Fsp3) is 0.389. The largest absolute Gasteiger partial charge is 0.477 e. The molecule has 1 saturated heterocycles. The number of nitrogen functional groups attached to an aromatic ring is 1. The molecule has 0 aliphatic carbocycles. The third kappa shape index (κ3) is 5.07. The van der Waals surface area contributed by atoms with Crippen LogP contribution in [0.3, 0.4) is 0 Å². The quantitative estimate of drug-likeness (QED) is 0.0705. The van der Waals surface area contributed by atoms with E-state index in [-0.39, 0.29) is 57.2 Å². The minimum absolute atomic E-state index is 0.0199. The summed E-state index contributed by atoms with van der Waals surface area (Å²) in [5.41, 5.74) is 23.2. The van der Waals surface area contributed by atoms with Gasteiger partial charge in [-0.3, -0.25) is 19.5 Å². The van der Waals surface area contributed by atoms with Gasteiger partial charge in [0.25, 0.3) is 11.8 Å². The lowest BCUT2D eigenvalue weighted by molar-refractivity contribution is -0.150. The standard InChI is InChI=1S/C18H24N12O5S3/c1-2-35-27-7(12-26-17(22)38-28-12)13(31)24-8-14(32)29-9(16(33)34)5(3-36-15(8)29)4-37-18-25-10(20)6(19)11(21)30(18)23/h8,11,15H,2-4,19-21,23H2,1H3,(H,24,31)(H,33,34)(H2,22,26,28)/b27-7-/t8?,11?,15-/m0/s1. The van der Waals surface area contributed by atoms with Gasteiger partial charge >= 0.3 is 5.97 Å². The summed E-state index contributed by atoms with van der Waals surface area (Å²) in [7, 11) is 0. The SMILES string of the molecule is CCO/N=C(\C(=O)NC1C(=O)N2C(C(=O)O)=C(CSC3=NC(N)=C(N)C(N)N3N)CS[C@@H]12)c1nsc(N)n1. The van der Waals surface area contributed by atoms with Crippen LogP contribution in [-0.2, 0) is 19.2 Å². The van der Waals surface area contributed by atoms with Crippen molar-refractivity contribution in [3.05, 3.63) is 28.6 Å². The van der Waals surface area contributed by atoms with Gasteiger partial charge in [0.15, 0.2) is 10.3 Å². The molecule has 1 aromatic rings. The highest BCUT2D eigenvalue weighted by Gasteiger charge is 2.54. The first-order valence-corrected chi connectivity index (χ1v) is 13.6. The number of nitrogens with zero attached hydrogens (tertiary/aromatic N) is 6. The molecule has 2 amide bonds. The van der Waals surface area contributed by atoms with Gasteiger partial charge in [0.05, 0.1) is 5.70 Å². The van der Waals surface area contributed by atoms with Crippen LogP contribution >= 0.6 is 35.1 Å². The Morgan fingerprint density at radius 1 is 1.34 bits per heavy atom. The fourth-order valence-corrected chi connectivity index (χ4v) is 6.43. The molecule has 12 N–H and O–H groups in total. The number of carbonyl (C=O) groups is 3. The van der Waals surface area contributed by atoms with Crippen LogP contribution in [0.15, 0.2) is 32.9 Å². The molecule has 17 nitrogen and oxygen atoms in total. The Morgan fingerprint density at radius 2 is 2.08 bits per heavy atom. The second kappa shape index (κ2) is 11.0. The Morgan fingerprint density at radius 3 is 2.71 bits per heavy atom. The third-order valence-corrected chi connectivity index (χ3v) is 8.35. The number of hydrazine groups is 1. The van der Waals surface area contributed by atoms with E-state index in [2.05, 4.69) is 24.8 Å². The predicted octanol–water partition coefficient (Wildman–Crippen LogP) is -2.75. The number of aromatic nitrogens is 2. The number of carboxylic acids is 1. The maximum absolute atomic E-state index is 13.0. The number of amidine groups is 1. The molecule has 3 aliphatic rings. The number of carboxylic acid groups (broad SMARTS) is 1. The lowest BCUT2D eigenvalue weighted by Crippen LogP contribution is -2.71. The highest BCUT2D eigenvalue weighted by atomic mass is 32.2. The minimum Gasteiger partial charge on any atom is -0.477 e. The summed E-state index contributed by atoms with van der Waals surface area (Å²) in [6, 6.07) is -1.01. The number of rotatable bonds is 8. The van der Waals surface area contributed by atoms with Crippen molar-refractivity contribution in [3.8, 4) is 0 Å². The summed E-state index contributed by atoms with van der Waals surface area (Å²) in [4.78, 5) is 52.3. The van der Waals surface area contributed by atoms with Gasteiger partial charge in [-0.15, -0.1) is 11.8 Å². The van der Waals surface area contributed by atoms with Crippen LogP contribution in [0.4, 0.5) is 5.13 Å². The molecule has 204 valence electrons. The smallest absolute Gasteiger partial charge is 0.352 e. The number of hydrogen-bond donors (Lipinski definition) is 7. The Balaban J connectivity index is 1.49. The Labute approximate surface area is 227 Å². The molecule has 1 aromatic heterocycles. The number of aliphatic imine (C=N–C) groups is 1. The number of anilines is 1. The van der Waals surface area contributed by atoms with Gasteiger partial charge in [-0.1, -0.05) is 16.9 Å². The molecule has 4 rings (SSSR count). The summed E-state index contributed by atoms with van der Waals surface area (Å²) in [5.74, 6) is 3.64. The third-order valence-electron chi connectivity index (χ3n) is 5.42. The fourth-order valence-electron chi connectivity index (χ4n) is 3.55. The molecule has 3 aliphatic heterocycles. The summed E-state index contributed by atoms with van der Waals surface area (Å²) in [6.07, 6.45) is -0.888. The molecule has 0 bridgehead atoms. The number of amides is 2.